The van der Waals surface area contributed by atoms with E-state index in [0.717, 1.165) is 24.6 Å². The molecule has 19 heavy (non-hydrogen) atoms. The van der Waals surface area contributed by atoms with Crippen LogP contribution in [0.1, 0.15) is 88.3 Å². The minimum atomic E-state index is -0.340. The smallest absolute Gasteiger partial charge is 0.229 e. The number of hydrogen-bond acceptors (Lipinski definition) is 4. The van der Waals surface area contributed by atoms with Crippen LogP contribution in [0.2, 0.25) is 0 Å². The molecule has 1 aromatic heterocycles. The van der Waals surface area contributed by atoms with Crippen LogP contribution >= 0.6 is 0 Å². The highest BCUT2D eigenvalue weighted by Crippen LogP contribution is 2.35. The molecule has 3 rings (SSSR count). The zero-order chi connectivity index (χ0) is 13.1. The molecular formula is C15H25N3O. The molecule has 2 fully saturated rings. The van der Waals surface area contributed by atoms with Crippen LogP contribution in [0.4, 0.5) is 0 Å². The van der Waals surface area contributed by atoms with E-state index in [9.17, 15) is 0 Å². The third-order valence-corrected chi connectivity index (χ3v) is 4.84. The van der Waals surface area contributed by atoms with Crippen molar-refractivity contribution >= 4 is 0 Å². The van der Waals surface area contributed by atoms with E-state index in [1.807, 2.05) is 0 Å². The summed E-state index contributed by atoms with van der Waals surface area (Å²) in [4.78, 5) is 4.67. The Morgan fingerprint density at radius 1 is 0.947 bits per heavy atom. The Hall–Kier alpha value is -0.900. The van der Waals surface area contributed by atoms with Crippen molar-refractivity contribution in [2.24, 2.45) is 5.73 Å². The maximum Gasteiger partial charge on any atom is 0.229 e. The molecule has 0 aromatic carbocycles. The summed E-state index contributed by atoms with van der Waals surface area (Å²) in [5.74, 6) is 2.07. The molecule has 106 valence electrons. The Labute approximate surface area is 115 Å². The van der Waals surface area contributed by atoms with Crippen LogP contribution in [0.3, 0.4) is 0 Å². The first-order valence-electron chi connectivity index (χ1n) is 7.91. The van der Waals surface area contributed by atoms with Crippen LogP contribution < -0.4 is 5.73 Å². The molecule has 0 atom stereocenters. The maximum absolute atomic E-state index is 6.54. The first-order valence-corrected chi connectivity index (χ1v) is 7.91. The van der Waals surface area contributed by atoms with Crippen molar-refractivity contribution in [3.63, 3.8) is 0 Å². The fourth-order valence-electron chi connectivity index (χ4n) is 3.54. The third-order valence-electron chi connectivity index (χ3n) is 4.84. The summed E-state index contributed by atoms with van der Waals surface area (Å²) in [6.45, 7) is 0. The first kappa shape index (κ1) is 13.1. The van der Waals surface area contributed by atoms with Gasteiger partial charge in [0.15, 0.2) is 5.82 Å². The summed E-state index contributed by atoms with van der Waals surface area (Å²) >= 11 is 0. The Morgan fingerprint density at radius 2 is 1.58 bits per heavy atom. The predicted octanol–water partition coefficient (Wildman–Crippen LogP) is 3.63. The molecule has 0 aliphatic heterocycles. The molecule has 1 aromatic rings. The molecule has 2 N–H and O–H groups in total. The zero-order valence-corrected chi connectivity index (χ0v) is 11.7. The molecule has 2 saturated carbocycles. The molecule has 0 amide bonds. The van der Waals surface area contributed by atoms with Gasteiger partial charge in [0.1, 0.15) is 0 Å². The summed E-state index contributed by atoms with van der Waals surface area (Å²) < 4.78 is 5.52. The number of rotatable bonds is 2. The second kappa shape index (κ2) is 5.61. The van der Waals surface area contributed by atoms with E-state index >= 15 is 0 Å². The minimum absolute atomic E-state index is 0.340. The van der Waals surface area contributed by atoms with Gasteiger partial charge >= 0.3 is 0 Å². The number of hydrogen-bond donors (Lipinski definition) is 1. The van der Waals surface area contributed by atoms with Gasteiger partial charge in [-0.15, -0.1) is 0 Å². The average Bonchev–Trinajstić information content (AvgIpc) is 2.85. The van der Waals surface area contributed by atoms with Crippen molar-refractivity contribution in [1.29, 1.82) is 0 Å². The quantitative estimate of drug-likeness (QED) is 0.827. The van der Waals surface area contributed by atoms with Crippen molar-refractivity contribution in [1.82, 2.24) is 10.1 Å². The molecule has 0 unspecified atom stereocenters. The van der Waals surface area contributed by atoms with E-state index in [1.165, 1.54) is 57.8 Å². The fourth-order valence-corrected chi connectivity index (χ4v) is 3.54. The Balaban J connectivity index is 1.75. The molecule has 0 spiro atoms. The third kappa shape index (κ3) is 2.83. The van der Waals surface area contributed by atoms with Crippen LogP contribution in [0, 0.1) is 0 Å². The summed E-state index contributed by atoms with van der Waals surface area (Å²) in [7, 11) is 0. The van der Waals surface area contributed by atoms with Gasteiger partial charge < -0.3 is 10.3 Å². The molecule has 0 bridgehead atoms. The highest BCUT2D eigenvalue weighted by atomic mass is 16.5. The summed E-state index contributed by atoms with van der Waals surface area (Å²) in [6, 6.07) is 0. The van der Waals surface area contributed by atoms with Crippen molar-refractivity contribution in [2.45, 2.75) is 82.1 Å². The summed E-state index contributed by atoms with van der Waals surface area (Å²) in [5, 5.41) is 4.22. The van der Waals surface area contributed by atoms with Crippen molar-refractivity contribution in [2.75, 3.05) is 0 Å². The highest BCUT2D eigenvalue weighted by Gasteiger charge is 2.34. The Morgan fingerprint density at radius 3 is 2.26 bits per heavy atom. The zero-order valence-electron chi connectivity index (χ0n) is 11.7. The van der Waals surface area contributed by atoms with Gasteiger partial charge in [0, 0.05) is 5.92 Å². The van der Waals surface area contributed by atoms with E-state index in [-0.39, 0.29) is 5.54 Å². The lowest BCUT2D eigenvalue weighted by atomic mass is 9.88. The fraction of sp³-hybridized carbons (Fsp3) is 0.867. The largest absolute Gasteiger partial charge is 0.339 e. The average molecular weight is 263 g/mol. The monoisotopic (exact) mass is 263 g/mol. The predicted molar refractivity (Wildman–Crippen MR) is 73.7 cm³/mol. The van der Waals surface area contributed by atoms with Gasteiger partial charge in [-0.05, 0) is 25.7 Å². The van der Waals surface area contributed by atoms with Gasteiger partial charge in [0.2, 0.25) is 5.89 Å². The van der Waals surface area contributed by atoms with Crippen molar-refractivity contribution < 1.29 is 4.52 Å². The minimum Gasteiger partial charge on any atom is -0.339 e. The van der Waals surface area contributed by atoms with E-state index < -0.39 is 0 Å². The highest BCUT2D eigenvalue weighted by molar-refractivity contribution is 5.06. The van der Waals surface area contributed by atoms with Gasteiger partial charge in [-0.1, -0.05) is 50.1 Å². The lowest BCUT2D eigenvalue weighted by Gasteiger charge is -2.23. The molecule has 4 heteroatoms. The SMILES string of the molecule is NC1(c2noc(C3CCCCC3)n2)CCCCCC1. The first-order chi connectivity index (χ1) is 9.28. The molecule has 4 nitrogen and oxygen atoms in total. The van der Waals surface area contributed by atoms with E-state index in [0.29, 0.717) is 5.92 Å². The molecule has 1 heterocycles. The molecule has 2 aliphatic carbocycles. The summed E-state index contributed by atoms with van der Waals surface area (Å²) in [5.41, 5.74) is 6.20. The van der Waals surface area contributed by atoms with Crippen LogP contribution in [0.25, 0.3) is 0 Å². The number of nitrogens with zero attached hydrogens (tertiary/aromatic N) is 2. The molecule has 0 saturated heterocycles. The van der Waals surface area contributed by atoms with Gasteiger partial charge in [-0.2, -0.15) is 4.98 Å². The molecule has 2 aliphatic rings. The van der Waals surface area contributed by atoms with Gasteiger partial charge in [0.05, 0.1) is 5.54 Å². The normalized spacial score (nSPS) is 25.1. The summed E-state index contributed by atoms with van der Waals surface area (Å²) in [6.07, 6.45) is 13.2. The topological polar surface area (TPSA) is 64.9 Å². The Kier molecular flexibility index (Phi) is 3.87. The van der Waals surface area contributed by atoms with Crippen molar-refractivity contribution in [3.8, 4) is 0 Å². The standard InChI is InChI=1S/C15H25N3O/c16-15(10-6-1-2-7-11-15)14-17-13(19-18-14)12-8-4-3-5-9-12/h12H,1-11,16H2. The van der Waals surface area contributed by atoms with Crippen molar-refractivity contribution in [3.05, 3.63) is 11.7 Å². The molecule has 0 radical (unpaired) electrons. The maximum atomic E-state index is 6.54. The van der Waals surface area contributed by atoms with Gasteiger partial charge in [-0.3, -0.25) is 0 Å². The van der Waals surface area contributed by atoms with E-state index in [1.54, 1.807) is 0 Å². The van der Waals surface area contributed by atoms with Crippen LogP contribution in [0.15, 0.2) is 4.52 Å². The van der Waals surface area contributed by atoms with E-state index in [4.69, 9.17) is 10.3 Å². The van der Waals surface area contributed by atoms with Crippen LogP contribution in [-0.4, -0.2) is 10.1 Å². The van der Waals surface area contributed by atoms with Gasteiger partial charge in [-0.25, -0.2) is 0 Å². The van der Waals surface area contributed by atoms with Crippen LogP contribution in [0.5, 0.6) is 0 Å². The van der Waals surface area contributed by atoms with Gasteiger partial charge in [0.25, 0.3) is 0 Å². The second-order valence-electron chi connectivity index (χ2n) is 6.36. The second-order valence-corrected chi connectivity index (χ2v) is 6.36. The number of aromatic nitrogens is 2. The lowest BCUT2D eigenvalue weighted by molar-refractivity contribution is 0.299. The number of nitrogens with two attached hydrogens (primary N) is 1. The molecular weight excluding hydrogens is 238 g/mol. The Bertz CT molecular complexity index is 401. The van der Waals surface area contributed by atoms with E-state index in [2.05, 4.69) is 10.1 Å². The lowest BCUT2D eigenvalue weighted by Crippen LogP contribution is -2.37. The van der Waals surface area contributed by atoms with Crippen LogP contribution in [-0.2, 0) is 5.54 Å².